The number of aromatic nitrogens is 1. The number of aryl methyl sites for hydroxylation is 2. The number of hydrogen-bond donors (Lipinski definition) is 2. The number of ketones is 3. The molecule has 0 saturated carbocycles. The molecule has 2 rings (SSSR count). The minimum absolute atomic E-state index is 0.257. The second kappa shape index (κ2) is 4.40. The number of carbonyl (C=O) groups is 3. The summed E-state index contributed by atoms with van der Waals surface area (Å²) in [5.41, 5.74) is 1.09. The molecule has 0 aromatic carbocycles. The van der Waals surface area contributed by atoms with E-state index in [1.54, 1.807) is 13.8 Å². The summed E-state index contributed by atoms with van der Waals surface area (Å²) in [4.78, 5) is 38.6. The first-order chi connectivity index (χ1) is 8.82. The van der Waals surface area contributed by atoms with Gasteiger partial charge in [0.25, 0.3) is 5.78 Å². The van der Waals surface area contributed by atoms with E-state index in [0.717, 1.165) is 0 Å². The van der Waals surface area contributed by atoms with Crippen molar-refractivity contribution in [1.82, 2.24) is 4.98 Å². The van der Waals surface area contributed by atoms with Crippen molar-refractivity contribution >= 4 is 22.9 Å². The highest BCUT2D eigenvalue weighted by Crippen LogP contribution is 2.26. The highest BCUT2D eigenvalue weighted by Gasteiger charge is 2.41. The standard InChI is InChI=1S/C13H11NO5/c1-5-3-7(4-6(2)14-5)8-9(15)11(17)13(19)12(18)10(8)16/h3-4,11,16-17H,1-2H3. The van der Waals surface area contributed by atoms with Crippen molar-refractivity contribution in [2.75, 3.05) is 0 Å². The molecule has 0 amide bonds. The maximum atomic E-state index is 11.9. The van der Waals surface area contributed by atoms with Gasteiger partial charge in [-0.25, -0.2) is 0 Å². The Hall–Kier alpha value is -2.34. The van der Waals surface area contributed by atoms with E-state index in [4.69, 9.17) is 0 Å². The molecule has 98 valence electrons. The molecule has 1 aliphatic rings. The van der Waals surface area contributed by atoms with Crippen molar-refractivity contribution in [2.45, 2.75) is 20.0 Å². The smallest absolute Gasteiger partial charge is 0.266 e. The molecule has 1 aliphatic carbocycles. The van der Waals surface area contributed by atoms with Gasteiger partial charge in [-0.2, -0.15) is 0 Å². The summed E-state index contributed by atoms with van der Waals surface area (Å²) in [7, 11) is 0. The minimum atomic E-state index is -2.05. The summed E-state index contributed by atoms with van der Waals surface area (Å²) in [5, 5.41) is 19.1. The normalized spacial score (nSPS) is 20.2. The van der Waals surface area contributed by atoms with Gasteiger partial charge < -0.3 is 10.2 Å². The molecule has 2 N–H and O–H groups in total. The zero-order chi connectivity index (χ0) is 14.3. The van der Waals surface area contributed by atoms with Crippen LogP contribution in [0.1, 0.15) is 17.0 Å². The lowest BCUT2D eigenvalue weighted by molar-refractivity contribution is -0.145. The molecule has 0 aliphatic heterocycles. The lowest BCUT2D eigenvalue weighted by Crippen LogP contribution is -2.41. The fourth-order valence-corrected chi connectivity index (χ4v) is 1.98. The van der Waals surface area contributed by atoms with Gasteiger partial charge in [-0.15, -0.1) is 0 Å². The number of rotatable bonds is 1. The molecule has 0 saturated heterocycles. The molecule has 1 unspecified atom stereocenters. The van der Waals surface area contributed by atoms with E-state index in [1.165, 1.54) is 12.1 Å². The van der Waals surface area contributed by atoms with E-state index in [9.17, 15) is 24.6 Å². The third-order valence-electron chi connectivity index (χ3n) is 2.79. The van der Waals surface area contributed by atoms with Crippen molar-refractivity contribution in [3.05, 3.63) is 34.8 Å². The van der Waals surface area contributed by atoms with E-state index >= 15 is 0 Å². The van der Waals surface area contributed by atoms with E-state index < -0.39 is 29.2 Å². The van der Waals surface area contributed by atoms with Crippen LogP contribution in [0.4, 0.5) is 0 Å². The number of carbonyl (C=O) groups excluding carboxylic acids is 3. The largest absolute Gasteiger partial charge is 0.504 e. The highest BCUT2D eigenvalue weighted by molar-refractivity contribution is 6.56. The predicted octanol–water partition coefficient (Wildman–Crippen LogP) is 0.0493. The monoisotopic (exact) mass is 261 g/mol. The summed E-state index contributed by atoms with van der Waals surface area (Å²) < 4.78 is 0. The van der Waals surface area contributed by atoms with Gasteiger partial charge in [-0.1, -0.05) is 0 Å². The van der Waals surface area contributed by atoms with E-state index in [2.05, 4.69) is 4.98 Å². The molecular weight excluding hydrogens is 250 g/mol. The Morgan fingerprint density at radius 2 is 1.58 bits per heavy atom. The first-order valence-electron chi connectivity index (χ1n) is 5.52. The van der Waals surface area contributed by atoms with Crippen LogP contribution in [0.5, 0.6) is 0 Å². The third-order valence-corrected chi connectivity index (χ3v) is 2.79. The summed E-state index contributed by atoms with van der Waals surface area (Å²) in [6.07, 6.45) is -2.05. The Morgan fingerprint density at radius 1 is 1.05 bits per heavy atom. The SMILES string of the molecule is Cc1cc(C2=C(O)C(=O)C(=O)C(O)C2=O)cc(C)n1. The zero-order valence-corrected chi connectivity index (χ0v) is 10.3. The molecule has 6 heteroatoms. The molecule has 1 aromatic heterocycles. The first-order valence-corrected chi connectivity index (χ1v) is 5.52. The van der Waals surface area contributed by atoms with Crippen LogP contribution in [-0.2, 0) is 14.4 Å². The third kappa shape index (κ3) is 2.06. The topological polar surface area (TPSA) is 105 Å². The highest BCUT2D eigenvalue weighted by atomic mass is 16.3. The van der Waals surface area contributed by atoms with Crippen molar-refractivity contribution in [2.24, 2.45) is 0 Å². The molecule has 0 bridgehead atoms. The molecule has 0 spiro atoms. The van der Waals surface area contributed by atoms with E-state index in [-0.39, 0.29) is 11.1 Å². The number of pyridine rings is 1. The van der Waals surface area contributed by atoms with Crippen LogP contribution in [0.2, 0.25) is 0 Å². The van der Waals surface area contributed by atoms with Gasteiger partial charge >= 0.3 is 0 Å². The zero-order valence-electron chi connectivity index (χ0n) is 10.3. The van der Waals surface area contributed by atoms with Crippen LogP contribution in [0.3, 0.4) is 0 Å². The number of aliphatic hydroxyl groups is 2. The lowest BCUT2D eigenvalue weighted by Gasteiger charge is -2.18. The predicted molar refractivity (Wildman–Crippen MR) is 64.3 cm³/mol. The molecule has 19 heavy (non-hydrogen) atoms. The molecule has 0 radical (unpaired) electrons. The molecule has 1 heterocycles. The Kier molecular flexibility index (Phi) is 3.03. The van der Waals surface area contributed by atoms with Gasteiger partial charge in [0.1, 0.15) is 0 Å². The van der Waals surface area contributed by atoms with Crippen molar-refractivity contribution < 1.29 is 24.6 Å². The van der Waals surface area contributed by atoms with Gasteiger partial charge in [-0.05, 0) is 31.5 Å². The lowest BCUT2D eigenvalue weighted by atomic mass is 9.87. The van der Waals surface area contributed by atoms with Crippen LogP contribution in [0.15, 0.2) is 17.9 Å². The van der Waals surface area contributed by atoms with Gasteiger partial charge in [0.2, 0.25) is 11.6 Å². The molecule has 1 atom stereocenters. The maximum Gasteiger partial charge on any atom is 0.266 e. The average Bonchev–Trinajstić information content (AvgIpc) is 2.33. The Labute approximate surface area is 108 Å². The number of Topliss-reactive ketones (excluding diaryl/α,β-unsaturated/α-hetero) is 3. The number of allylic oxidation sites excluding steroid dienone is 1. The van der Waals surface area contributed by atoms with Crippen LogP contribution in [0, 0.1) is 13.8 Å². The van der Waals surface area contributed by atoms with Crippen LogP contribution in [0.25, 0.3) is 5.57 Å². The van der Waals surface area contributed by atoms with Crippen molar-refractivity contribution in [1.29, 1.82) is 0 Å². The number of hydrogen-bond acceptors (Lipinski definition) is 6. The molecular formula is C13H11NO5. The Bertz CT molecular complexity index is 624. The maximum absolute atomic E-state index is 11.9. The van der Waals surface area contributed by atoms with E-state index in [0.29, 0.717) is 11.4 Å². The van der Waals surface area contributed by atoms with Crippen LogP contribution < -0.4 is 0 Å². The van der Waals surface area contributed by atoms with Gasteiger partial charge in [0.15, 0.2) is 11.9 Å². The van der Waals surface area contributed by atoms with E-state index in [1.807, 2.05) is 0 Å². The summed E-state index contributed by atoms with van der Waals surface area (Å²) in [6.45, 7) is 3.37. The number of aliphatic hydroxyl groups excluding tert-OH is 2. The Balaban J connectivity index is 2.68. The summed E-state index contributed by atoms with van der Waals surface area (Å²) >= 11 is 0. The van der Waals surface area contributed by atoms with Crippen molar-refractivity contribution in [3.63, 3.8) is 0 Å². The van der Waals surface area contributed by atoms with Gasteiger partial charge in [0.05, 0.1) is 5.57 Å². The fraction of sp³-hybridized carbons (Fsp3) is 0.231. The number of nitrogens with zero attached hydrogens (tertiary/aromatic N) is 1. The minimum Gasteiger partial charge on any atom is -0.504 e. The van der Waals surface area contributed by atoms with Crippen LogP contribution in [-0.4, -0.2) is 38.7 Å². The van der Waals surface area contributed by atoms with Gasteiger partial charge in [0, 0.05) is 11.4 Å². The second-order valence-electron chi connectivity index (χ2n) is 4.32. The molecule has 6 nitrogen and oxygen atoms in total. The quantitative estimate of drug-likeness (QED) is 0.546. The second-order valence-corrected chi connectivity index (χ2v) is 4.32. The summed E-state index contributed by atoms with van der Waals surface area (Å²) in [5.74, 6) is -4.47. The van der Waals surface area contributed by atoms with Crippen molar-refractivity contribution in [3.8, 4) is 0 Å². The fourth-order valence-electron chi connectivity index (χ4n) is 1.98. The Morgan fingerprint density at radius 3 is 2.11 bits per heavy atom. The molecule has 0 fully saturated rings. The molecule has 1 aromatic rings. The van der Waals surface area contributed by atoms with Gasteiger partial charge in [-0.3, -0.25) is 19.4 Å². The first kappa shape index (κ1) is 13.1. The van der Waals surface area contributed by atoms with Crippen LogP contribution >= 0.6 is 0 Å². The average molecular weight is 261 g/mol. The summed E-state index contributed by atoms with van der Waals surface area (Å²) in [6, 6.07) is 2.98.